The first-order valence-corrected chi connectivity index (χ1v) is 9.74. The zero-order valence-electron chi connectivity index (χ0n) is 16.6. The maximum Gasteiger partial charge on any atom is 0.264 e. The highest BCUT2D eigenvalue weighted by Crippen LogP contribution is 2.27. The molecule has 0 spiro atoms. The number of benzene rings is 3. The number of para-hydroxylation sites is 1. The Morgan fingerprint density at radius 1 is 0.833 bits per heavy atom. The second-order valence-corrected chi connectivity index (χ2v) is 6.66. The second kappa shape index (κ2) is 10.5. The summed E-state index contributed by atoms with van der Waals surface area (Å²) in [6.07, 6.45) is -3.38. The van der Waals surface area contributed by atoms with Crippen molar-refractivity contribution in [1.82, 2.24) is 0 Å². The lowest BCUT2D eigenvalue weighted by molar-refractivity contribution is 0.213. The van der Waals surface area contributed by atoms with Crippen LogP contribution in [0, 0.1) is 0 Å². The Hall–Kier alpha value is -3.21. The van der Waals surface area contributed by atoms with Crippen molar-refractivity contribution >= 4 is 5.57 Å². The first kappa shape index (κ1) is 21.5. The number of ether oxygens (including phenoxy) is 2. The van der Waals surface area contributed by atoms with E-state index in [9.17, 15) is 13.2 Å². The van der Waals surface area contributed by atoms with Crippen LogP contribution in [0.1, 0.15) is 18.1 Å². The molecule has 0 saturated heterocycles. The van der Waals surface area contributed by atoms with Crippen molar-refractivity contribution < 1.29 is 22.6 Å². The van der Waals surface area contributed by atoms with Gasteiger partial charge in [0.25, 0.3) is 6.43 Å². The summed E-state index contributed by atoms with van der Waals surface area (Å²) in [5.41, 5.74) is 0.604. The van der Waals surface area contributed by atoms with Gasteiger partial charge in [0.15, 0.2) is 0 Å². The van der Waals surface area contributed by atoms with Gasteiger partial charge in [0.2, 0.25) is 0 Å². The Morgan fingerprint density at radius 2 is 1.53 bits per heavy atom. The minimum absolute atomic E-state index is 0.0285. The molecule has 0 aliphatic heterocycles. The SMILES string of the molecule is CCOc1ccc(C(=CC(F)Cc2cccc(Oc3ccccc3)c2)C(F)F)cc1. The van der Waals surface area contributed by atoms with Gasteiger partial charge in [-0.15, -0.1) is 0 Å². The number of rotatable bonds is 9. The van der Waals surface area contributed by atoms with Crippen LogP contribution in [-0.4, -0.2) is 19.2 Å². The number of allylic oxidation sites excluding steroid dienone is 2. The number of hydrogen-bond acceptors (Lipinski definition) is 2. The van der Waals surface area contributed by atoms with Gasteiger partial charge in [-0.05, 0) is 60.5 Å². The monoisotopic (exact) mass is 412 g/mol. The van der Waals surface area contributed by atoms with E-state index in [-0.39, 0.29) is 17.6 Å². The average molecular weight is 412 g/mol. The lowest BCUT2D eigenvalue weighted by Crippen LogP contribution is -2.06. The van der Waals surface area contributed by atoms with Crippen LogP contribution in [0.3, 0.4) is 0 Å². The van der Waals surface area contributed by atoms with Crippen LogP contribution in [0.2, 0.25) is 0 Å². The minimum Gasteiger partial charge on any atom is -0.494 e. The van der Waals surface area contributed by atoms with E-state index in [1.54, 1.807) is 36.4 Å². The average Bonchev–Trinajstić information content (AvgIpc) is 2.74. The van der Waals surface area contributed by atoms with Crippen LogP contribution in [0.5, 0.6) is 17.2 Å². The van der Waals surface area contributed by atoms with Crippen molar-refractivity contribution in [2.24, 2.45) is 0 Å². The van der Waals surface area contributed by atoms with Crippen molar-refractivity contribution in [3.05, 3.63) is 96.1 Å². The Labute approximate surface area is 174 Å². The molecule has 0 N–H and O–H groups in total. The molecule has 3 aromatic rings. The first-order valence-electron chi connectivity index (χ1n) is 9.74. The third kappa shape index (κ3) is 6.14. The smallest absolute Gasteiger partial charge is 0.264 e. The molecule has 0 radical (unpaired) electrons. The molecular weight excluding hydrogens is 389 g/mol. The van der Waals surface area contributed by atoms with E-state index in [2.05, 4.69) is 0 Å². The molecule has 0 bridgehead atoms. The minimum atomic E-state index is -2.78. The van der Waals surface area contributed by atoms with E-state index < -0.39 is 12.6 Å². The predicted octanol–water partition coefficient (Wildman–Crippen LogP) is 7.11. The molecule has 0 saturated carbocycles. The molecule has 3 rings (SSSR count). The quantitative estimate of drug-likeness (QED) is 0.373. The lowest BCUT2D eigenvalue weighted by atomic mass is 10.0. The molecule has 0 aliphatic carbocycles. The van der Waals surface area contributed by atoms with Gasteiger partial charge >= 0.3 is 0 Å². The topological polar surface area (TPSA) is 18.5 Å². The summed E-state index contributed by atoms with van der Waals surface area (Å²) in [6, 6.07) is 22.5. The summed E-state index contributed by atoms with van der Waals surface area (Å²) in [5.74, 6) is 1.82. The van der Waals surface area contributed by atoms with Gasteiger partial charge in [0, 0.05) is 12.0 Å². The molecule has 2 nitrogen and oxygen atoms in total. The molecule has 0 fully saturated rings. The summed E-state index contributed by atoms with van der Waals surface area (Å²) in [6.45, 7) is 2.32. The highest BCUT2D eigenvalue weighted by atomic mass is 19.3. The van der Waals surface area contributed by atoms with Crippen molar-refractivity contribution in [2.75, 3.05) is 6.61 Å². The lowest BCUT2D eigenvalue weighted by Gasteiger charge is -2.12. The standard InChI is InChI=1S/C25H23F3O2/c1-2-29-21-13-11-19(12-14-21)24(25(27)28)17-20(26)15-18-7-6-10-23(16-18)30-22-8-4-3-5-9-22/h3-14,16-17,20,25H,2,15H2,1H3. The van der Waals surface area contributed by atoms with E-state index >= 15 is 0 Å². The normalized spacial score (nSPS) is 12.6. The van der Waals surface area contributed by atoms with Gasteiger partial charge in [-0.3, -0.25) is 0 Å². The van der Waals surface area contributed by atoms with Crippen molar-refractivity contribution in [2.45, 2.75) is 25.9 Å². The van der Waals surface area contributed by atoms with Crippen molar-refractivity contribution in [3.8, 4) is 17.2 Å². The molecule has 0 heterocycles. The highest BCUT2D eigenvalue weighted by Gasteiger charge is 2.17. The van der Waals surface area contributed by atoms with Gasteiger partial charge in [0.05, 0.1) is 6.61 Å². The maximum atomic E-state index is 14.7. The van der Waals surface area contributed by atoms with Gasteiger partial charge < -0.3 is 9.47 Å². The largest absolute Gasteiger partial charge is 0.494 e. The van der Waals surface area contributed by atoms with Gasteiger partial charge in [-0.2, -0.15) is 0 Å². The fraction of sp³-hybridized carbons (Fsp3) is 0.200. The Balaban J connectivity index is 1.72. The first-order chi connectivity index (χ1) is 14.5. The van der Waals surface area contributed by atoms with Crippen molar-refractivity contribution in [1.29, 1.82) is 0 Å². The van der Waals surface area contributed by atoms with Crippen LogP contribution in [0.25, 0.3) is 5.57 Å². The predicted molar refractivity (Wildman–Crippen MR) is 113 cm³/mol. The van der Waals surface area contributed by atoms with Gasteiger partial charge in [-0.1, -0.05) is 42.5 Å². The summed E-state index contributed by atoms with van der Waals surface area (Å²) in [7, 11) is 0. The molecule has 5 heteroatoms. The summed E-state index contributed by atoms with van der Waals surface area (Å²) < 4.78 is 52.8. The molecule has 30 heavy (non-hydrogen) atoms. The molecular formula is C25H23F3O2. The fourth-order valence-corrected chi connectivity index (χ4v) is 3.04. The summed E-state index contributed by atoms with van der Waals surface area (Å²) in [4.78, 5) is 0. The van der Waals surface area contributed by atoms with Crippen LogP contribution in [0.4, 0.5) is 13.2 Å². The molecule has 0 amide bonds. The van der Waals surface area contributed by atoms with E-state index in [4.69, 9.17) is 9.47 Å². The molecule has 1 unspecified atom stereocenters. The van der Waals surface area contributed by atoms with E-state index in [0.29, 0.717) is 29.4 Å². The van der Waals surface area contributed by atoms with E-state index in [0.717, 1.165) is 6.08 Å². The van der Waals surface area contributed by atoms with Crippen molar-refractivity contribution in [3.63, 3.8) is 0 Å². The Morgan fingerprint density at radius 3 is 2.20 bits per heavy atom. The summed E-state index contributed by atoms with van der Waals surface area (Å²) in [5, 5.41) is 0. The molecule has 0 aromatic heterocycles. The van der Waals surface area contributed by atoms with E-state index in [1.165, 1.54) is 12.1 Å². The maximum absolute atomic E-state index is 14.7. The second-order valence-electron chi connectivity index (χ2n) is 6.66. The number of alkyl halides is 3. The third-order valence-electron chi connectivity index (χ3n) is 4.40. The Bertz CT molecular complexity index is 954. The van der Waals surface area contributed by atoms with E-state index in [1.807, 2.05) is 37.3 Å². The number of halogens is 3. The summed E-state index contributed by atoms with van der Waals surface area (Å²) >= 11 is 0. The molecule has 0 aliphatic rings. The molecule has 1 atom stereocenters. The molecule has 3 aromatic carbocycles. The zero-order chi connectivity index (χ0) is 21.3. The molecule has 156 valence electrons. The number of hydrogen-bond donors (Lipinski definition) is 0. The third-order valence-corrected chi connectivity index (χ3v) is 4.40. The van der Waals surface area contributed by atoms with Crippen LogP contribution in [-0.2, 0) is 6.42 Å². The van der Waals surface area contributed by atoms with Crippen LogP contribution < -0.4 is 9.47 Å². The van der Waals surface area contributed by atoms with Gasteiger partial charge in [0.1, 0.15) is 23.4 Å². The Kier molecular flexibility index (Phi) is 7.55. The highest BCUT2D eigenvalue weighted by molar-refractivity contribution is 5.68. The van der Waals surface area contributed by atoms with Crippen LogP contribution in [0.15, 0.2) is 84.9 Å². The van der Waals surface area contributed by atoms with Gasteiger partial charge in [-0.25, -0.2) is 13.2 Å². The fourth-order valence-electron chi connectivity index (χ4n) is 3.04. The van der Waals surface area contributed by atoms with Crippen LogP contribution >= 0.6 is 0 Å². The zero-order valence-corrected chi connectivity index (χ0v) is 16.6.